The third-order valence-electron chi connectivity index (χ3n) is 5.93. The van der Waals surface area contributed by atoms with Gasteiger partial charge < -0.3 is 10.1 Å². The first-order chi connectivity index (χ1) is 20.7. The second-order valence-electron chi connectivity index (χ2n) is 9.01. The highest BCUT2D eigenvalue weighted by molar-refractivity contribution is 7.92. The molecule has 2 amide bonds. The van der Waals surface area contributed by atoms with Crippen molar-refractivity contribution in [2.75, 3.05) is 17.5 Å². The number of nitro benzene ring substituents is 1. The number of carbonyl (C=O) groups excluding carboxylic acids is 2. The van der Waals surface area contributed by atoms with Crippen LogP contribution in [0.3, 0.4) is 0 Å². The van der Waals surface area contributed by atoms with Gasteiger partial charge in [0.25, 0.3) is 27.5 Å². The maximum absolute atomic E-state index is 13.4. The number of carbonyl (C=O) groups is 2. The number of rotatable bonds is 13. The Morgan fingerprint density at radius 1 is 0.884 bits per heavy atom. The highest BCUT2D eigenvalue weighted by Crippen LogP contribution is 2.26. The average molecular weight is 602 g/mol. The van der Waals surface area contributed by atoms with Crippen molar-refractivity contribution in [2.45, 2.75) is 11.4 Å². The number of amides is 2. The molecule has 220 valence electrons. The fraction of sp³-hybridized carbons (Fsp3) is 0.100. The molecule has 13 heteroatoms. The van der Waals surface area contributed by atoms with Gasteiger partial charge in [-0.15, -0.1) is 0 Å². The summed E-state index contributed by atoms with van der Waals surface area (Å²) in [5.74, 6) is -0.593. The summed E-state index contributed by atoms with van der Waals surface area (Å²) in [5.41, 5.74) is 3.46. The second kappa shape index (κ2) is 14.4. The van der Waals surface area contributed by atoms with E-state index in [1.807, 2.05) is 30.3 Å². The van der Waals surface area contributed by atoms with E-state index in [1.54, 1.807) is 30.3 Å². The number of ether oxygens (including phenoxy) is 1. The van der Waals surface area contributed by atoms with Gasteiger partial charge >= 0.3 is 0 Å². The molecule has 0 aromatic heterocycles. The Bertz CT molecular complexity index is 1700. The van der Waals surface area contributed by atoms with Crippen molar-refractivity contribution in [1.82, 2.24) is 10.7 Å². The Morgan fingerprint density at radius 3 is 2.23 bits per heavy atom. The van der Waals surface area contributed by atoms with E-state index in [1.165, 1.54) is 48.7 Å². The fourth-order valence-electron chi connectivity index (χ4n) is 3.79. The van der Waals surface area contributed by atoms with E-state index in [0.29, 0.717) is 17.9 Å². The normalized spacial score (nSPS) is 11.1. The maximum atomic E-state index is 13.4. The minimum atomic E-state index is -4.25. The van der Waals surface area contributed by atoms with Crippen LogP contribution in [0.15, 0.2) is 119 Å². The molecule has 0 heterocycles. The molecule has 0 aliphatic carbocycles. The number of non-ortho nitro benzene ring substituents is 1. The van der Waals surface area contributed by atoms with Gasteiger partial charge in [-0.3, -0.25) is 24.0 Å². The molecule has 0 atom stereocenters. The molecule has 0 bridgehead atoms. The molecule has 4 aromatic carbocycles. The van der Waals surface area contributed by atoms with E-state index < -0.39 is 27.4 Å². The van der Waals surface area contributed by atoms with Crippen LogP contribution in [-0.2, 0) is 26.2 Å². The Balaban J connectivity index is 1.35. The minimum Gasteiger partial charge on any atom is -0.484 e. The summed E-state index contributed by atoms with van der Waals surface area (Å²) in [6.45, 7) is -0.455. The lowest BCUT2D eigenvalue weighted by Gasteiger charge is -2.23. The number of nitrogens with zero attached hydrogens (tertiary/aromatic N) is 3. The lowest BCUT2D eigenvalue weighted by Crippen LogP contribution is -2.39. The zero-order valence-corrected chi connectivity index (χ0v) is 23.5. The number of hydrazone groups is 1. The number of nitrogens with one attached hydrogen (secondary N) is 2. The van der Waals surface area contributed by atoms with Gasteiger partial charge in [-0.2, -0.15) is 5.10 Å². The van der Waals surface area contributed by atoms with Crippen LogP contribution in [-0.4, -0.2) is 44.5 Å². The average Bonchev–Trinajstić information content (AvgIpc) is 3.03. The van der Waals surface area contributed by atoms with E-state index >= 15 is 0 Å². The van der Waals surface area contributed by atoms with Gasteiger partial charge in [0.2, 0.25) is 0 Å². The number of hydrogen-bond donors (Lipinski definition) is 2. The summed E-state index contributed by atoms with van der Waals surface area (Å²) >= 11 is 0. The van der Waals surface area contributed by atoms with Crippen LogP contribution in [0.25, 0.3) is 0 Å². The lowest BCUT2D eigenvalue weighted by atomic mass is 10.2. The molecular formula is C30H27N5O7S. The molecule has 0 fully saturated rings. The molecule has 0 radical (unpaired) electrons. The van der Waals surface area contributed by atoms with E-state index in [9.17, 15) is 28.1 Å². The molecule has 0 aliphatic heterocycles. The van der Waals surface area contributed by atoms with Gasteiger partial charge in [0.05, 0.1) is 21.7 Å². The molecule has 4 aromatic rings. The molecule has 0 spiro atoms. The Labute approximate surface area is 247 Å². The quantitative estimate of drug-likeness (QED) is 0.134. The number of sulfonamides is 1. The van der Waals surface area contributed by atoms with E-state index in [4.69, 9.17) is 4.74 Å². The summed E-state index contributed by atoms with van der Waals surface area (Å²) in [7, 11) is -4.25. The van der Waals surface area contributed by atoms with Crippen molar-refractivity contribution < 1.29 is 27.7 Å². The first-order valence-electron chi connectivity index (χ1n) is 12.9. The van der Waals surface area contributed by atoms with Gasteiger partial charge in [0, 0.05) is 18.7 Å². The Hall–Kier alpha value is -5.56. The molecule has 43 heavy (non-hydrogen) atoms. The number of benzene rings is 4. The molecule has 12 nitrogen and oxygen atoms in total. The van der Waals surface area contributed by atoms with Crippen molar-refractivity contribution >= 4 is 39.4 Å². The third-order valence-corrected chi connectivity index (χ3v) is 7.72. The molecule has 0 unspecified atom stereocenters. The first-order valence-corrected chi connectivity index (χ1v) is 14.3. The molecule has 0 saturated heterocycles. The summed E-state index contributed by atoms with van der Waals surface area (Å²) in [5, 5.41) is 17.9. The van der Waals surface area contributed by atoms with E-state index in [0.717, 1.165) is 15.9 Å². The topological polar surface area (TPSA) is 160 Å². The van der Waals surface area contributed by atoms with Crippen LogP contribution in [0.1, 0.15) is 11.1 Å². The Morgan fingerprint density at radius 2 is 1.56 bits per heavy atom. The highest BCUT2D eigenvalue weighted by Gasteiger charge is 2.28. The SMILES string of the molecule is O=C(COc1ccc(/C=N\NC(=O)CN(c2cccc([N+](=O)[O-])c2)S(=O)(=O)c2ccccc2)cc1)NCc1ccccc1. The zero-order valence-electron chi connectivity index (χ0n) is 22.7. The van der Waals surface area contributed by atoms with Crippen LogP contribution in [0.2, 0.25) is 0 Å². The fourth-order valence-corrected chi connectivity index (χ4v) is 5.22. The predicted molar refractivity (Wildman–Crippen MR) is 160 cm³/mol. The van der Waals surface area contributed by atoms with Gasteiger partial charge in [-0.1, -0.05) is 54.6 Å². The molecule has 0 saturated carbocycles. The van der Waals surface area contributed by atoms with Crippen LogP contribution < -0.4 is 19.8 Å². The van der Waals surface area contributed by atoms with Gasteiger partial charge in [0.1, 0.15) is 12.3 Å². The Kier molecular flexibility index (Phi) is 10.2. The lowest BCUT2D eigenvalue weighted by molar-refractivity contribution is -0.384. The first kappa shape index (κ1) is 30.4. The summed E-state index contributed by atoms with van der Waals surface area (Å²) in [4.78, 5) is 35.3. The molecule has 4 rings (SSSR count). The minimum absolute atomic E-state index is 0.0541. The monoisotopic (exact) mass is 601 g/mol. The largest absolute Gasteiger partial charge is 0.484 e. The second-order valence-corrected chi connectivity index (χ2v) is 10.9. The highest BCUT2D eigenvalue weighted by atomic mass is 32.2. The maximum Gasteiger partial charge on any atom is 0.271 e. The van der Waals surface area contributed by atoms with Crippen LogP contribution in [0.5, 0.6) is 5.75 Å². The van der Waals surface area contributed by atoms with Gasteiger partial charge in [-0.25, -0.2) is 13.8 Å². The van der Waals surface area contributed by atoms with Crippen molar-refractivity contribution in [3.63, 3.8) is 0 Å². The van der Waals surface area contributed by atoms with E-state index in [2.05, 4.69) is 15.8 Å². The molecule has 2 N–H and O–H groups in total. The number of nitro groups is 1. The smallest absolute Gasteiger partial charge is 0.271 e. The van der Waals surface area contributed by atoms with Crippen molar-refractivity contribution in [1.29, 1.82) is 0 Å². The number of hydrogen-bond acceptors (Lipinski definition) is 8. The standard InChI is InChI=1S/C30H27N5O7S/c36-29(21-34(25-10-7-11-26(18-25)35(38)39)43(40,41)28-12-5-2-6-13-28)33-32-20-24-14-16-27(17-15-24)42-22-30(37)31-19-23-8-3-1-4-9-23/h1-18,20H,19,21-22H2,(H,31,37)(H,33,36)/b32-20-. The van der Waals surface area contributed by atoms with Crippen molar-refractivity contribution in [3.05, 3.63) is 130 Å². The molecular weight excluding hydrogens is 574 g/mol. The van der Waals surface area contributed by atoms with Crippen molar-refractivity contribution in [3.8, 4) is 5.75 Å². The summed E-state index contributed by atoms with van der Waals surface area (Å²) < 4.78 is 33.0. The van der Waals surface area contributed by atoms with Crippen molar-refractivity contribution in [2.24, 2.45) is 5.10 Å². The third kappa shape index (κ3) is 8.71. The summed E-state index contributed by atoms with van der Waals surface area (Å²) in [6, 6.07) is 28.5. The van der Waals surface area contributed by atoms with Gasteiger partial charge in [-0.05, 0) is 53.6 Å². The van der Waals surface area contributed by atoms with Crippen LogP contribution in [0, 0.1) is 10.1 Å². The zero-order chi connectivity index (χ0) is 30.7. The van der Waals surface area contributed by atoms with Gasteiger partial charge in [0.15, 0.2) is 6.61 Å². The van der Waals surface area contributed by atoms with Crippen LogP contribution >= 0.6 is 0 Å². The number of anilines is 1. The van der Waals surface area contributed by atoms with E-state index in [-0.39, 0.29) is 28.8 Å². The molecule has 0 aliphatic rings. The predicted octanol–water partition coefficient (Wildman–Crippen LogP) is 3.64. The summed E-state index contributed by atoms with van der Waals surface area (Å²) in [6.07, 6.45) is 1.34. The van der Waals surface area contributed by atoms with Crippen LogP contribution in [0.4, 0.5) is 11.4 Å².